The fourth-order valence-corrected chi connectivity index (χ4v) is 10.1. The van der Waals surface area contributed by atoms with Crippen LogP contribution < -0.4 is 0 Å². The zero-order valence-corrected chi connectivity index (χ0v) is 26.0. The summed E-state index contributed by atoms with van der Waals surface area (Å²) >= 11 is 0. The monoisotopic (exact) mass is 574 g/mol. The Morgan fingerprint density at radius 1 is 0.976 bits per heavy atom. The van der Waals surface area contributed by atoms with Crippen LogP contribution in [0.4, 0.5) is 0 Å². The maximum absolute atomic E-state index is 12.7. The minimum Gasteiger partial charge on any atom is -0.478 e. The fraction of sp³-hybridized carbons (Fsp3) is 0.788. The first-order valence-corrected chi connectivity index (χ1v) is 15.3. The summed E-state index contributed by atoms with van der Waals surface area (Å²) in [4.78, 5) is 37.5. The van der Waals surface area contributed by atoms with E-state index < -0.39 is 53.2 Å². The molecule has 0 saturated heterocycles. The quantitative estimate of drug-likeness (QED) is 0.224. The van der Waals surface area contributed by atoms with Crippen molar-refractivity contribution in [3.05, 3.63) is 22.8 Å². The third kappa shape index (κ3) is 4.97. The third-order valence-electron chi connectivity index (χ3n) is 12.0. The highest BCUT2D eigenvalue weighted by Crippen LogP contribution is 2.74. The first kappa shape index (κ1) is 31.7. The molecule has 4 saturated carbocycles. The smallest absolute Gasteiger partial charge is 0.331 e. The van der Waals surface area contributed by atoms with E-state index in [1.54, 1.807) is 0 Å². The number of rotatable bonds is 6. The minimum atomic E-state index is -1.04. The Labute approximate surface area is 244 Å². The number of allylic oxidation sites excluding steroid dienone is 2. The Bertz CT molecular complexity index is 1140. The van der Waals surface area contributed by atoms with Crippen molar-refractivity contribution >= 4 is 17.9 Å². The Hall–Kier alpha value is -2.19. The van der Waals surface area contributed by atoms with Crippen LogP contribution in [-0.2, 0) is 23.9 Å². The average molecular weight is 575 g/mol. The Kier molecular flexibility index (Phi) is 8.63. The van der Waals surface area contributed by atoms with Crippen molar-refractivity contribution < 1.29 is 39.2 Å². The van der Waals surface area contributed by atoms with Gasteiger partial charge in [-0.1, -0.05) is 39.3 Å². The van der Waals surface area contributed by atoms with Gasteiger partial charge in [0.2, 0.25) is 0 Å². The van der Waals surface area contributed by atoms with Crippen molar-refractivity contribution in [3.63, 3.8) is 0 Å². The maximum Gasteiger partial charge on any atom is 0.331 e. The normalized spacial score (nSPS) is 44.5. The van der Waals surface area contributed by atoms with Gasteiger partial charge in [0.15, 0.2) is 0 Å². The lowest BCUT2D eigenvalue weighted by atomic mass is 9.35. The van der Waals surface area contributed by atoms with E-state index >= 15 is 0 Å². The predicted octanol–water partition coefficient (Wildman–Crippen LogP) is 5.21. The summed E-state index contributed by atoms with van der Waals surface area (Å²) < 4.78 is 11.8. The van der Waals surface area contributed by atoms with Crippen LogP contribution in [0.15, 0.2) is 22.8 Å². The Morgan fingerprint density at radius 2 is 1.61 bits per heavy atom. The van der Waals surface area contributed by atoms with Crippen molar-refractivity contribution in [2.45, 2.75) is 125 Å². The van der Waals surface area contributed by atoms with Crippen LogP contribution in [0.3, 0.4) is 0 Å². The molecule has 230 valence electrons. The molecule has 1 unspecified atom stereocenters. The number of aliphatic hydroxyl groups excluding tert-OH is 2. The highest BCUT2D eigenvalue weighted by Gasteiger charge is 2.74. The van der Waals surface area contributed by atoms with E-state index in [-0.39, 0.29) is 29.1 Å². The van der Waals surface area contributed by atoms with Gasteiger partial charge in [0.25, 0.3) is 0 Å². The van der Waals surface area contributed by atoms with Crippen LogP contribution in [0, 0.1) is 39.9 Å². The van der Waals surface area contributed by atoms with Crippen LogP contribution in [-0.4, -0.2) is 57.6 Å². The molecule has 41 heavy (non-hydrogen) atoms. The van der Waals surface area contributed by atoms with Crippen LogP contribution in [0.2, 0.25) is 0 Å². The molecule has 0 spiro atoms. The minimum absolute atomic E-state index is 0.0364. The van der Waals surface area contributed by atoms with E-state index in [1.807, 2.05) is 26.8 Å². The first-order valence-electron chi connectivity index (χ1n) is 15.3. The number of carbonyl (C=O) groups is 3. The van der Waals surface area contributed by atoms with Crippen LogP contribution >= 0.6 is 0 Å². The molecule has 4 rings (SSSR count). The summed E-state index contributed by atoms with van der Waals surface area (Å²) in [5.41, 5.74) is 0.360. The SMILES string of the molecule is CC(=O)O[C@H]1C[C@@]2(C)[C@@H](CC[C@@H]3[C@]2(C)[C@@H](O)[C@H](OC(C)=O)C2[C@H](C)[C@H](O)CC[C@@]23C)C1=C(CCC=C(C)C)C(=O)O. The van der Waals surface area contributed by atoms with Crippen LogP contribution in [0.1, 0.15) is 100 Å². The lowest BCUT2D eigenvalue weighted by molar-refractivity contribution is -0.288. The number of aliphatic carboxylic acids is 1. The van der Waals surface area contributed by atoms with Gasteiger partial charge >= 0.3 is 17.9 Å². The van der Waals surface area contributed by atoms with E-state index in [9.17, 15) is 29.7 Å². The molecule has 11 atom stereocenters. The lowest BCUT2D eigenvalue weighted by Crippen LogP contribution is -2.72. The first-order chi connectivity index (χ1) is 19.0. The number of aliphatic hydroxyl groups is 2. The van der Waals surface area contributed by atoms with Crippen LogP contribution in [0.5, 0.6) is 0 Å². The second-order valence-electron chi connectivity index (χ2n) is 14.3. The molecular formula is C33H50O8. The molecule has 4 aliphatic rings. The van der Waals surface area contributed by atoms with Gasteiger partial charge in [-0.3, -0.25) is 9.59 Å². The maximum atomic E-state index is 12.7. The molecule has 0 aromatic heterocycles. The summed E-state index contributed by atoms with van der Waals surface area (Å²) in [5.74, 6) is -2.50. The van der Waals surface area contributed by atoms with Gasteiger partial charge in [-0.15, -0.1) is 0 Å². The number of carbonyl (C=O) groups excluding carboxylic acids is 2. The van der Waals surface area contributed by atoms with E-state index in [0.717, 1.165) is 18.4 Å². The molecule has 8 nitrogen and oxygen atoms in total. The van der Waals surface area contributed by atoms with Gasteiger partial charge in [-0.25, -0.2) is 4.79 Å². The molecule has 0 heterocycles. The summed E-state index contributed by atoms with van der Waals surface area (Å²) in [5, 5.41) is 33.6. The number of hydrogen-bond donors (Lipinski definition) is 3. The third-order valence-corrected chi connectivity index (χ3v) is 12.0. The number of hydrogen-bond acceptors (Lipinski definition) is 7. The number of esters is 2. The van der Waals surface area contributed by atoms with Gasteiger partial charge in [0.05, 0.1) is 12.2 Å². The highest BCUT2D eigenvalue weighted by atomic mass is 16.6. The lowest BCUT2D eigenvalue weighted by Gasteiger charge is -2.70. The summed E-state index contributed by atoms with van der Waals surface area (Å²) in [7, 11) is 0. The van der Waals surface area contributed by atoms with Gasteiger partial charge in [0.1, 0.15) is 12.2 Å². The van der Waals surface area contributed by atoms with Crippen molar-refractivity contribution in [1.82, 2.24) is 0 Å². The van der Waals surface area contributed by atoms with Gasteiger partial charge < -0.3 is 24.8 Å². The molecule has 8 heteroatoms. The average Bonchev–Trinajstić information content (AvgIpc) is 3.14. The molecule has 4 fully saturated rings. The zero-order chi connectivity index (χ0) is 30.7. The fourth-order valence-electron chi connectivity index (χ4n) is 10.1. The molecule has 4 aliphatic carbocycles. The second kappa shape index (κ2) is 11.1. The summed E-state index contributed by atoms with van der Waals surface area (Å²) in [6.45, 7) is 15.1. The molecule has 0 bridgehead atoms. The number of carboxylic acid groups (broad SMARTS) is 1. The molecule has 0 aromatic carbocycles. The van der Waals surface area contributed by atoms with Gasteiger partial charge in [-0.05, 0) is 93.0 Å². The van der Waals surface area contributed by atoms with E-state index in [0.29, 0.717) is 43.3 Å². The predicted molar refractivity (Wildman–Crippen MR) is 153 cm³/mol. The molecule has 0 aromatic rings. The largest absolute Gasteiger partial charge is 0.478 e. The number of ether oxygens (including phenoxy) is 2. The second-order valence-corrected chi connectivity index (χ2v) is 14.3. The van der Waals surface area contributed by atoms with Gasteiger partial charge in [0, 0.05) is 30.8 Å². The van der Waals surface area contributed by atoms with Crippen molar-refractivity contribution in [2.75, 3.05) is 0 Å². The topological polar surface area (TPSA) is 130 Å². The number of carboxylic acids is 1. The van der Waals surface area contributed by atoms with Crippen molar-refractivity contribution in [2.24, 2.45) is 39.9 Å². The standard InChI is InChI=1S/C33H50O8/c1-17(2)10-9-11-21(30(38)39)26-22-12-13-25-31(6)15-14-23(36)18(3)27(31)28(41-20(5)35)29(37)33(25,8)32(22,7)16-24(26)40-19(4)34/h10,18,22-25,27-29,36-37H,9,11-16H2,1-8H3,(H,38,39)/t18-,22+,23-,24+,25+,27?,28-,29+,31-,32+,33-/m1/s1. The molecule has 0 amide bonds. The Balaban J connectivity index is 1.89. The number of fused-ring (bicyclic) bond motifs is 5. The zero-order valence-electron chi connectivity index (χ0n) is 26.0. The summed E-state index contributed by atoms with van der Waals surface area (Å²) in [6.07, 6.45) is 3.08. The van der Waals surface area contributed by atoms with E-state index in [1.165, 1.54) is 13.8 Å². The molecule has 3 N–H and O–H groups in total. The van der Waals surface area contributed by atoms with Crippen molar-refractivity contribution in [3.8, 4) is 0 Å². The van der Waals surface area contributed by atoms with Gasteiger partial charge in [-0.2, -0.15) is 0 Å². The summed E-state index contributed by atoms with van der Waals surface area (Å²) in [6, 6.07) is 0. The highest BCUT2D eigenvalue weighted by molar-refractivity contribution is 5.88. The van der Waals surface area contributed by atoms with Crippen molar-refractivity contribution in [1.29, 1.82) is 0 Å². The molecule has 0 radical (unpaired) electrons. The molecule has 0 aliphatic heterocycles. The van der Waals surface area contributed by atoms with E-state index in [4.69, 9.17) is 9.47 Å². The Morgan fingerprint density at radius 3 is 2.17 bits per heavy atom. The molecular weight excluding hydrogens is 524 g/mol. The van der Waals surface area contributed by atoms with Crippen LogP contribution in [0.25, 0.3) is 0 Å². The van der Waals surface area contributed by atoms with E-state index in [2.05, 4.69) is 20.8 Å².